The van der Waals surface area contributed by atoms with Crippen LogP contribution in [0.1, 0.15) is 12.0 Å². The van der Waals surface area contributed by atoms with Gasteiger partial charge in [-0.3, -0.25) is 4.79 Å². The standard InChI is InChI=1S/C13H18N2O2/c1-17-12-4-2-10(3-5-12)8-13(16)15-11-6-7-14-9-11/h2-5,11,14H,6-9H2,1H3,(H,15,16)/t11-/m0/s1. The van der Waals surface area contributed by atoms with Crippen LogP contribution < -0.4 is 15.4 Å². The molecule has 1 aromatic rings. The van der Waals surface area contributed by atoms with Gasteiger partial charge in [0.1, 0.15) is 5.75 Å². The molecule has 1 fully saturated rings. The number of hydrogen-bond donors (Lipinski definition) is 2. The lowest BCUT2D eigenvalue weighted by molar-refractivity contribution is -0.121. The molecule has 4 nitrogen and oxygen atoms in total. The molecule has 1 aliphatic rings. The first-order chi connectivity index (χ1) is 8.28. The van der Waals surface area contributed by atoms with Gasteiger partial charge in [0, 0.05) is 12.6 Å². The fourth-order valence-electron chi connectivity index (χ4n) is 1.99. The van der Waals surface area contributed by atoms with Gasteiger partial charge in [0.25, 0.3) is 0 Å². The number of nitrogens with one attached hydrogen (secondary N) is 2. The maximum Gasteiger partial charge on any atom is 0.224 e. The summed E-state index contributed by atoms with van der Waals surface area (Å²) in [4.78, 5) is 11.8. The molecule has 0 radical (unpaired) electrons. The minimum absolute atomic E-state index is 0.0869. The second-order valence-corrected chi connectivity index (χ2v) is 4.28. The maximum absolute atomic E-state index is 11.8. The largest absolute Gasteiger partial charge is 0.497 e. The van der Waals surface area contributed by atoms with Crippen molar-refractivity contribution >= 4 is 5.91 Å². The Morgan fingerprint density at radius 3 is 2.82 bits per heavy atom. The topological polar surface area (TPSA) is 50.4 Å². The van der Waals surface area contributed by atoms with Gasteiger partial charge in [0.15, 0.2) is 0 Å². The van der Waals surface area contributed by atoms with Crippen LogP contribution in [0, 0.1) is 0 Å². The lowest BCUT2D eigenvalue weighted by Crippen LogP contribution is -2.37. The fraction of sp³-hybridized carbons (Fsp3) is 0.462. The highest BCUT2D eigenvalue weighted by molar-refractivity contribution is 5.78. The Morgan fingerprint density at radius 1 is 1.47 bits per heavy atom. The fourth-order valence-corrected chi connectivity index (χ4v) is 1.99. The van der Waals surface area contributed by atoms with Gasteiger partial charge >= 0.3 is 0 Å². The third kappa shape index (κ3) is 3.46. The Labute approximate surface area is 101 Å². The summed E-state index contributed by atoms with van der Waals surface area (Å²) < 4.78 is 5.07. The quantitative estimate of drug-likeness (QED) is 0.807. The maximum atomic E-state index is 11.8. The van der Waals surface area contributed by atoms with E-state index in [-0.39, 0.29) is 5.91 Å². The second-order valence-electron chi connectivity index (χ2n) is 4.28. The summed E-state index contributed by atoms with van der Waals surface area (Å²) in [5, 5.41) is 6.25. The molecule has 0 aliphatic carbocycles. The van der Waals surface area contributed by atoms with Gasteiger partial charge in [-0.1, -0.05) is 12.1 Å². The highest BCUT2D eigenvalue weighted by Gasteiger charge is 2.16. The summed E-state index contributed by atoms with van der Waals surface area (Å²) in [6, 6.07) is 7.89. The zero-order valence-electron chi connectivity index (χ0n) is 10.0. The lowest BCUT2D eigenvalue weighted by atomic mass is 10.1. The Morgan fingerprint density at radius 2 is 2.24 bits per heavy atom. The summed E-state index contributed by atoms with van der Waals surface area (Å²) in [7, 11) is 1.63. The molecule has 0 saturated carbocycles. The zero-order chi connectivity index (χ0) is 12.1. The van der Waals surface area contributed by atoms with Crippen molar-refractivity contribution in [1.82, 2.24) is 10.6 Å². The van der Waals surface area contributed by atoms with Crippen molar-refractivity contribution in [3.8, 4) is 5.75 Å². The predicted molar refractivity (Wildman–Crippen MR) is 66.1 cm³/mol. The van der Waals surface area contributed by atoms with E-state index in [9.17, 15) is 4.79 Å². The number of benzene rings is 1. The lowest BCUT2D eigenvalue weighted by Gasteiger charge is -2.11. The number of carbonyl (C=O) groups is 1. The highest BCUT2D eigenvalue weighted by atomic mass is 16.5. The molecule has 1 saturated heterocycles. The Bertz CT molecular complexity index is 370. The van der Waals surface area contributed by atoms with Gasteiger partial charge in [0.2, 0.25) is 5.91 Å². The molecule has 1 aliphatic heterocycles. The summed E-state index contributed by atoms with van der Waals surface area (Å²) in [6.45, 7) is 1.88. The third-order valence-corrected chi connectivity index (χ3v) is 2.95. The summed E-state index contributed by atoms with van der Waals surface area (Å²) >= 11 is 0. The van der Waals surface area contributed by atoms with E-state index in [2.05, 4.69) is 10.6 Å². The Hall–Kier alpha value is -1.55. The molecule has 2 N–H and O–H groups in total. The minimum atomic E-state index is 0.0869. The van der Waals surface area contributed by atoms with Crippen LogP contribution in [0.5, 0.6) is 5.75 Å². The number of methoxy groups -OCH3 is 1. The molecule has 17 heavy (non-hydrogen) atoms. The molecule has 1 heterocycles. The molecule has 92 valence electrons. The van der Waals surface area contributed by atoms with E-state index < -0.39 is 0 Å². The molecular weight excluding hydrogens is 216 g/mol. The minimum Gasteiger partial charge on any atom is -0.497 e. The van der Waals surface area contributed by atoms with Crippen molar-refractivity contribution in [3.63, 3.8) is 0 Å². The van der Waals surface area contributed by atoms with Gasteiger partial charge in [0.05, 0.1) is 13.5 Å². The van der Waals surface area contributed by atoms with Crippen molar-refractivity contribution in [3.05, 3.63) is 29.8 Å². The van der Waals surface area contributed by atoms with E-state index in [1.807, 2.05) is 24.3 Å². The first-order valence-corrected chi connectivity index (χ1v) is 5.91. The van der Waals surface area contributed by atoms with Crippen molar-refractivity contribution in [2.45, 2.75) is 18.9 Å². The predicted octanol–water partition coefficient (Wildman–Crippen LogP) is 0.716. The molecule has 0 bridgehead atoms. The van der Waals surface area contributed by atoms with Crippen LogP contribution >= 0.6 is 0 Å². The first-order valence-electron chi connectivity index (χ1n) is 5.91. The van der Waals surface area contributed by atoms with Gasteiger partial charge in [-0.05, 0) is 30.7 Å². The molecule has 0 unspecified atom stereocenters. The summed E-state index contributed by atoms with van der Waals surface area (Å²) in [5.74, 6) is 0.901. The van der Waals surface area contributed by atoms with Crippen LogP contribution in [-0.2, 0) is 11.2 Å². The third-order valence-electron chi connectivity index (χ3n) is 2.95. The van der Waals surface area contributed by atoms with Crippen LogP contribution in [0.3, 0.4) is 0 Å². The van der Waals surface area contributed by atoms with Gasteiger partial charge in [-0.15, -0.1) is 0 Å². The van der Waals surface area contributed by atoms with Crippen LogP contribution in [-0.4, -0.2) is 32.1 Å². The summed E-state index contributed by atoms with van der Waals surface area (Å²) in [6.07, 6.45) is 1.45. The number of amides is 1. The highest BCUT2D eigenvalue weighted by Crippen LogP contribution is 2.11. The molecule has 4 heteroatoms. The monoisotopic (exact) mass is 234 g/mol. The average molecular weight is 234 g/mol. The number of hydrogen-bond acceptors (Lipinski definition) is 3. The van der Waals surface area contributed by atoms with E-state index in [4.69, 9.17) is 4.74 Å². The van der Waals surface area contributed by atoms with E-state index in [0.717, 1.165) is 30.8 Å². The van der Waals surface area contributed by atoms with Gasteiger partial charge in [-0.2, -0.15) is 0 Å². The second kappa shape index (κ2) is 5.68. The Kier molecular flexibility index (Phi) is 3.98. The molecule has 1 aromatic carbocycles. The van der Waals surface area contributed by atoms with Crippen molar-refractivity contribution in [1.29, 1.82) is 0 Å². The molecule has 2 rings (SSSR count). The first kappa shape index (κ1) is 11.9. The average Bonchev–Trinajstić information content (AvgIpc) is 2.82. The number of rotatable bonds is 4. The molecule has 1 atom stereocenters. The smallest absolute Gasteiger partial charge is 0.224 e. The summed E-state index contributed by atoms with van der Waals surface area (Å²) in [5.41, 5.74) is 1.01. The normalized spacial score (nSPS) is 19.0. The van der Waals surface area contributed by atoms with Crippen LogP contribution in [0.15, 0.2) is 24.3 Å². The Balaban J connectivity index is 1.84. The van der Waals surface area contributed by atoms with E-state index in [1.165, 1.54) is 0 Å². The van der Waals surface area contributed by atoms with Crippen LogP contribution in [0.25, 0.3) is 0 Å². The van der Waals surface area contributed by atoms with Crippen LogP contribution in [0.4, 0.5) is 0 Å². The van der Waals surface area contributed by atoms with Crippen molar-refractivity contribution < 1.29 is 9.53 Å². The molecule has 0 spiro atoms. The van der Waals surface area contributed by atoms with E-state index >= 15 is 0 Å². The van der Waals surface area contributed by atoms with Crippen molar-refractivity contribution in [2.75, 3.05) is 20.2 Å². The molecular formula is C13H18N2O2. The van der Waals surface area contributed by atoms with E-state index in [0.29, 0.717) is 12.5 Å². The SMILES string of the molecule is COc1ccc(CC(=O)N[C@H]2CCNC2)cc1. The molecule has 1 amide bonds. The number of ether oxygens (including phenoxy) is 1. The van der Waals surface area contributed by atoms with Gasteiger partial charge < -0.3 is 15.4 Å². The van der Waals surface area contributed by atoms with Gasteiger partial charge in [-0.25, -0.2) is 0 Å². The van der Waals surface area contributed by atoms with Crippen LogP contribution in [0.2, 0.25) is 0 Å². The van der Waals surface area contributed by atoms with Crippen molar-refractivity contribution in [2.24, 2.45) is 0 Å². The zero-order valence-corrected chi connectivity index (χ0v) is 10.0. The number of carbonyl (C=O) groups excluding carboxylic acids is 1. The van der Waals surface area contributed by atoms with E-state index in [1.54, 1.807) is 7.11 Å². The molecule has 0 aromatic heterocycles.